The molecule has 1 heterocycles. The second kappa shape index (κ2) is 7.60. The van der Waals surface area contributed by atoms with Crippen molar-refractivity contribution in [3.63, 3.8) is 0 Å². The molecule has 0 aromatic rings. The van der Waals surface area contributed by atoms with E-state index in [4.69, 9.17) is 15.2 Å². The molecule has 1 aliphatic rings. The van der Waals surface area contributed by atoms with E-state index in [9.17, 15) is 4.79 Å². The van der Waals surface area contributed by atoms with Crippen molar-refractivity contribution in [3.8, 4) is 0 Å². The standard InChI is InChI=1S/C11H22N2O3/c1-2-3-9(12)6-11(14)13-7-10-8-15-4-5-16-10/h9-10H,2-8,12H2,1H3,(H,13,14). The van der Waals surface area contributed by atoms with E-state index in [1.54, 1.807) is 0 Å². The number of hydrogen-bond acceptors (Lipinski definition) is 4. The molecule has 0 aromatic carbocycles. The van der Waals surface area contributed by atoms with Crippen LogP contribution in [0.2, 0.25) is 0 Å². The van der Waals surface area contributed by atoms with E-state index >= 15 is 0 Å². The summed E-state index contributed by atoms with van der Waals surface area (Å²) in [5, 5.41) is 2.82. The molecule has 0 aromatic heterocycles. The van der Waals surface area contributed by atoms with Crippen molar-refractivity contribution >= 4 is 5.91 Å². The molecule has 0 spiro atoms. The number of ether oxygens (including phenoxy) is 2. The Hall–Kier alpha value is -0.650. The summed E-state index contributed by atoms with van der Waals surface area (Å²) in [6.07, 6.45) is 2.27. The first-order chi connectivity index (χ1) is 7.72. The van der Waals surface area contributed by atoms with Crippen LogP contribution < -0.4 is 11.1 Å². The predicted octanol–water partition coefficient (Wildman–Crippen LogP) is 0.0355. The highest BCUT2D eigenvalue weighted by Crippen LogP contribution is 2.01. The van der Waals surface area contributed by atoms with Crippen LogP contribution in [0.4, 0.5) is 0 Å². The molecule has 5 heteroatoms. The van der Waals surface area contributed by atoms with Gasteiger partial charge < -0.3 is 20.5 Å². The molecule has 0 saturated carbocycles. The van der Waals surface area contributed by atoms with Crippen LogP contribution in [-0.4, -0.2) is 44.4 Å². The van der Waals surface area contributed by atoms with Crippen molar-refractivity contribution < 1.29 is 14.3 Å². The highest BCUT2D eigenvalue weighted by Gasteiger charge is 2.15. The molecule has 0 aliphatic carbocycles. The van der Waals surface area contributed by atoms with Crippen LogP contribution in [0.1, 0.15) is 26.2 Å². The summed E-state index contributed by atoms with van der Waals surface area (Å²) in [6.45, 7) is 4.38. The molecule has 16 heavy (non-hydrogen) atoms. The largest absolute Gasteiger partial charge is 0.376 e. The first-order valence-corrected chi connectivity index (χ1v) is 5.94. The maximum absolute atomic E-state index is 11.5. The summed E-state index contributed by atoms with van der Waals surface area (Å²) in [5.41, 5.74) is 5.78. The van der Waals surface area contributed by atoms with Crippen molar-refractivity contribution in [1.29, 1.82) is 0 Å². The number of hydrogen-bond donors (Lipinski definition) is 2. The Balaban J connectivity index is 2.09. The van der Waals surface area contributed by atoms with Gasteiger partial charge >= 0.3 is 0 Å². The first-order valence-electron chi connectivity index (χ1n) is 5.94. The molecule has 1 saturated heterocycles. The Kier molecular flexibility index (Phi) is 6.37. The first kappa shape index (κ1) is 13.4. The molecule has 1 aliphatic heterocycles. The minimum Gasteiger partial charge on any atom is -0.376 e. The molecule has 2 unspecified atom stereocenters. The lowest BCUT2D eigenvalue weighted by atomic mass is 10.1. The van der Waals surface area contributed by atoms with Gasteiger partial charge in [-0.1, -0.05) is 13.3 Å². The van der Waals surface area contributed by atoms with Crippen molar-refractivity contribution in [1.82, 2.24) is 5.32 Å². The molecular weight excluding hydrogens is 208 g/mol. The number of rotatable bonds is 6. The fourth-order valence-corrected chi connectivity index (χ4v) is 1.67. The van der Waals surface area contributed by atoms with E-state index in [-0.39, 0.29) is 18.1 Å². The molecule has 94 valence electrons. The number of nitrogens with two attached hydrogens (primary N) is 1. The molecule has 3 N–H and O–H groups in total. The summed E-state index contributed by atoms with van der Waals surface area (Å²) < 4.78 is 10.6. The van der Waals surface area contributed by atoms with E-state index in [0.717, 1.165) is 12.8 Å². The zero-order chi connectivity index (χ0) is 11.8. The van der Waals surface area contributed by atoms with Gasteiger partial charge in [0.15, 0.2) is 0 Å². The van der Waals surface area contributed by atoms with Gasteiger partial charge in [-0.3, -0.25) is 4.79 Å². The molecule has 2 atom stereocenters. The lowest BCUT2D eigenvalue weighted by molar-refractivity contribution is -0.124. The van der Waals surface area contributed by atoms with Crippen LogP contribution in [0.3, 0.4) is 0 Å². The minimum atomic E-state index is -0.0338. The van der Waals surface area contributed by atoms with Crippen LogP contribution in [0.5, 0.6) is 0 Å². The lowest BCUT2D eigenvalue weighted by Gasteiger charge is -2.23. The second-order valence-corrected chi connectivity index (χ2v) is 4.12. The fourth-order valence-electron chi connectivity index (χ4n) is 1.67. The molecule has 0 bridgehead atoms. The van der Waals surface area contributed by atoms with Crippen molar-refractivity contribution in [2.24, 2.45) is 5.73 Å². The zero-order valence-corrected chi connectivity index (χ0v) is 9.91. The van der Waals surface area contributed by atoms with Crippen molar-refractivity contribution in [2.45, 2.75) is 38.3 Å². The maximum Gasteiger partial charge on any atom is 0.221 e. The maximum atomic E-state index is 11.5. The Labute approximate surface area is 96.7 Å². The summed E-state index contributed by atoms with van der Waals surface area (Å²) in [6, 6.07) is -0.0338. The van der Waals surface area contributed by atoms with Gasteiger partial charge in [0.25, 0.3) is 0 Å². The third-order valence-electron chi connectivity index (χ3n) is 2.52. The number of nitrogens with one attached hydrogen (secondary N) is 1. The summed E-state index contributed by atoms with van der Waals surface area (Å²) in [5.74, 6) is -0.00452. The Morgan fingerprint density at radius 2 is 2.38 bits per heavy atom. The highest BCUT2D eigenvalue weighted by atomic mass is 16.6. The fraction of sp³-hybridized carbons (Fsp3) is 0.909. The van der Waals surface area contributed by atoms with Crippen molar-refractivity contribution in [2.75, 3.05) is 26.4 Å². The van der Waals surface area contributed by atoms with Crippen LogP contribution in [-0.2, 0) is 14.3 Å². The Bertz CT molecular complexity index is 205. The third kappa shape index (κ3) is 5.44. The van der Waals surface area contributed by atoms with E-state index < -0.39 is 0 Å². The van der Waals surface area contributed by atoms with Crippen LogP contribution in [0.15, 0.2) is 0 Å². The summed E-state index contributed by atoms with van der Waals surface area (Å²) in [4.78, 5) is 11.5. The molecular formula is C11H22N2O3. The normalized spacial score (nSPS) is 22.8. The van der Waals surface area contributed by atoms with Gasteiger partial charge in [-0.15, -0.1) is 0 Å². The van der Waals surface area contributed by atoms with Crippen LogP contribution >= 0.6 is 0 Å². The summed E-state index contributed by atoms with van der Waals surface area (Å²) in [7, 11) is 0. The van der Waals surface area contributed by atoms with Crippen molar-refractivity contribution in [3.05, 3.63) is 0 Å². The Morgan fingerprint density at radius 1 is 1.56 bits per heavy atom. The van der Waals surface area contributed by atoms with Gasteiger partial charge in [0.05, 0.1) is 25.9 Å². The second-order valence-electron chi connectivity index (χ2n) is 4.12. The van der Waals surface area contributed by atoms with Gasteiger partial charge in [-0.05, 0) is 6.42 Å². The number of carbonyl (C=O) groups is 1. The smallest absolute Gasteiger partial charge is 0.221 e. The third-order valence-corrected chi connectivity index (χ3v) is 2.52. The molecule has 1 rings (SSSR count). The molecule has 5 nitrogen and oxygen atoms in total. The quantitative estimate of drug-likeness (QED) is 0.675. The van der Waals surface area contributed by atoms with Crippen LogP contribution in [0.25, 0.3) is 0 Å². The van der Waals surface area contributed by atoms with Gasteiger partial charge in [-0.2, -0.15) is 0 Å². The van der Waals surface area contributed by atoms with Gasteiger partial charge in [0.2, 0.25) is 5.91 Å². The molecule has 0 radical (unpaired) electrons. The van der Waals surface area contributed by atoms with Crippen LogP contribution in [0, 0.1) is 0 Å². The topological polar surface area (TPSA) is 73.6 Å². The highest BCUT2D eigenvalue weighted by molar-refractivity contribution is 5.76. The average Bonchev–Trinajstić information content (AvgIpc) is 2.28. The molecule has 1 fully saturated rings. The van der Waals surface area contributed by atoms with Gasteiger partial charge in [0, 0.05) is 19.0 Å². The molecule has 1 amide bonds. The van der Waals surface area contributed by atoms with E-state index in [1.807, 2.05) is 0 Å². The van der Waals surface area contributed by atoms with E-state index in [2.05, 4.69) is 12.2 Å². The zero-order valence-electron chi connectivity index (χ0n) is 9.91. The van der Waals surface area contributed by atoms with Gasteiger partial charge in [0.1, 0.15) is 0 Å². The monoisotopic (exact) mass is 230 g/mol. The van der Waals surface area contributed by atoms with Gasteiger partial charge in [-0.25, -0.2) is 0 Å². The SMILES string of the molecule is CCCC(N)CC(=O)NCC1COCCO1. The lowest BCUT2D eigenvalue weighted by Crippen LogP contribution is -2.41. The van der Waals surface area contributed by atoms with E-state index in [0.29, 0.717) is 32.8 Å². The predicted molar refractivity (Wildman–Crippen MR) is 61.1 cm³/mol. The average molecular weight is 230 g/mol. The minimum absolute atomic E-state index is 0.00452. The Morgan fingerprint density at radius 3 is 3.00 bits per heavy atom. The number of amides is 1. The number of carbonyl (C=O) groups excluding carboxylic acids is 1. The summed E-state index contributed by atoms with van der Waals surface area (Å²) >= 11 is 0. The van der Waals surface area contributed by atoms with E-state index in [1.165, 1.54) is 0 Å².